The van der Waals surface area contributed by atoms with Gasteiger partial charge in [-0.15, -0.1) is 0 Å². The molecule has 0 amide bonds. The summed E-state index contributed by atoms with van der Waals surface area (Å²) in [6.45, 7) is 1.53. The van der Waals surface area contributed by atoms with E-state index in [1.807, 2.05) is 30.3 Å². The molecule has 0 radical (unpaired) electrons. The summed E-state index contributed by atoms with van der Waals surface area (Å²) in [5.41, 5.74) is 2.07. The SMILES string of the molecule is [2H]c1c([2H])c([2H])c2c(c1[2H])c1c([2H])c(C)c([2H])c([2H])c1n2-c1nc(Cl)nc(-c2ccc3c(c2)oc2ccccc23)n1. The van der Waals surface area contributed by atoms with Gasteiger partial charge >= 0.3 is 0 Å². The number of furan rings is 1. The molecule has 34 heavy (non-hydrogen) atoms. The van der Waals surface area contributed by atoms with E-state index in [-0.39, 0.29) is 68.6 Å². The summed E-state index contributed by atoms with van der Waals surface area (Å²) < 4.78 is 67.2. The molecule has 0 atom stereocenters. The van der Waals surface area contributed by atoms with Gasteiger partial charge in [-0.05, 0) is 54.9 Å². The highest BCUT2D eigenvalue weighted by Gasteiger charge is 2.17. The number of fused-ring (bicyclic) bond motifs is 6. The van der Waals surface area contributed by atoms with Crippen LogP contribution in [0.3, 0.4) is 0 Å². The van der Waals surface area contributed by atoms with E-state index in [9.17, 15) is 0 Å². The molecule has 0 bridgehead atoms. The molecule has 0 aliphatic heterocycles. The molecule has 0 unspecified atom stereocenters. The van der Waals surface area contributed by atoms with Gasteiger partial charge in [-0.25, -0.2) is 0 Å². The molecule has 3 aromatic heterocycles. The molecular formula is C28H17ClN4O. The van der Waals surface area contributed by atoms with Crippen molar-refractivity contribution >= 4 is 55.3 Å². The van der Waals surface area contributed by atoms with Crippen LogP contribution in [-0.4, -0.2) is 19.5 Å². The maximum Gasteiger partial charge on any atom is 0.239 e. The number of rotatable bonds is 2. The summed E-state index contributed by atoms with van der Waals surface area (Å²) in [7, 11) is 0. The highest BCUT2D eigenvalue weighted by molar-refractivity contribution is 6.28. The van der Waals surface area contributed by atoms with Crippen LogP contribution in [0.15, 0.2) is 89.2 Å². The molecule has 0 spiro atoms. The van der Waals surface area contributed by atoms with Gasteiger partial charge in [-0.2, -0.15) is 15.0 Å². The quantitative estimate of drug-likeness (QED) is 0.264. The van der Waals surface area contributed by atoms with Gasteiger partial charge in [-0.1, -0.05) is 54.0 Å². The Labute approximate surface area is 209 Å². The molecule has 5 nitrogen and oxygen atoms in total. The third-order valence-electron chi connectivity index (χ3n) is 5.72. The van der Waals surface area contributed by atoms with Crippen molar-refractivity contribution < 1.29 is 14.0 Å². The third-order valence-corrected chi connectivity index (χ3v) is 5.88. The lowest BCUT2D eigenvalue weighted by Crippen LogP contribution is -2.04. The number of nitrogens with zero attached hydrogens (tertiary/aromatic N) is 4. The van der Waals surface area contributed by atoms with E-state index in [1.54, 1.807) is 12.1 Å². The van der Waals surface area contributed by atoms with E-state index in [2.05, 4.69) is 15.0 Å². The van der Waals surface area contributed by atoms with Crippen molar-refractivity contribution in [2.75, 3.05) is 0 Å². The Kier molecular flexibility index (Phi) is 2.83. The summed E-state index contributed by atoms with van der Waals surface area (Å²) in [4.78, 5) is 13.2. The molecule has 0 saturated heterocycles. The maximum atomic E-state index is 8.79. The van der Waals surface area contributed by atoms with E-state index in [0.29, 0.717) is 11.1 Å². The van der Waals surface area contributed by atoms with Crippen LogP contribution in [0.2, 0.25) is 5.28 Å². The molecule has 0 fully saturated rings. The normalized spacial score (nSPS) is 14.7. The average Bonchev–Trinajstić information content (AvgIpc) is 3.52. The first-order valence-corrected chi connectivity index (χ1v) is 10.8. The second kappa shape index (κ2) is 7.14. The largest absolute Gasteiger partial charge is 0.456 e. The lowest BCUT2D eigenvalue weighted by molar-refractivity contribution is 0.669. The second-order valence-corrected chi connectivity index (χ2v) is 8.16. The molecule has 0 aliphatic carbocycles. The van der Waals surface area contributed by atoms with E-state index in [4.69, 9.17) is 25.6 Å². The highest BCUT2D eigenvalue weighted by atomic mass is 35.5. The standard InChI is InChI=1S/C28H17ClN4O/c1-16-10-13-23-21(14-16)18-6-2-4-8-22(18)33(23)28-31-26(30-27(29)32-28)17-11-12-20-19-7-3-5-9-24(19)34-25(20)15-17/h2-15H,1H3/i2D,4D,6D,8D,10D,13D,14D. The van der Waals surface area contributed by atoms with E-state index in [1.165, 1.54) is 11.5 Å². The molecule has 0 saturated carbocycles. The zero-order valence-electron chi connectivity index (χ0n) is 24.6. The Hall–Kier alpha value is -4.22. The molecule has 7 aromatic rings. The molecule has 3 heterocycles. The average molecular weight is 468 g/mol. The van der Waals surface area contributed by atoms with Crippen molar-refractivity contribution in [1.29, 1.82) is 0 Å². The summed E-state index contributed by atoms with van der Waals surface area (Å²) in [5, 5.41) is 1.81. The number of para-hydroxylation sites is 2. The minimum Gasteiger partial charge on any atom is -0.456 e. The molecular weight excluding hydrogens is 444 g/mol. The van der Waals surface area contributed by atoms with Crippen molar-refractivity contribution in [1.82, 2.24) is 19.5 Å². The molecule has 162 valence electrons. The zero-order valence-corrected chi connectivity index (χ0v) is 18.4. The van der Waals surface area contributed by atoms with Crippen LogP contribution in [0.1, 0.15) is 15.2 Å². The minimum atomic E-state index is -0.497. The lowest BCUT2D eigenvalue weighted by Gasteiger charge is -2.08. The van der Waals surface area contributed by atoms with E-state index in [0.717, 1.165) is 16.4 Å². The lowest BCUT2D eigenvalue weighted by atomic mass is 10.1. The Morgan fingerprint density at radius 1 is 0.824 bits per heavy atom. The molecule has 6 heteroatoms. The van der Waals surface area contributed by atoms with Crippen LogP contribution in [0.4, 0.5) is 0 Å². The first-order chi connectivity index (χ1) is 19.6. The molecule has 0 N–H and O–H groups in total. The van der Waals surface area contributed by atoms with Gasteiger partial charge in [-0.3, -0.25) is 4.57 Å². The van der Waals surface area contributed by atoms with Crippen molar-refractivity contribution in [2.24, 2.45) is 0 Å². The van der Waals surface area contributed by atoms with Crippen molar-refractivity contribution in [3.8, 4) is 17.3 Å². The first kappa shape index (κ1) is 13.5. The number of hydrogen-bond acceptors (Lipinski definition) is 4. The highest BCUT2D eigenvalue weighted by Crippen LogP contribution is 2.34. The van der Waals surface area contributed by atoms with Gasteiger partial charge in [0.25, 0.3) is 0 Å². The van der Waals surface area contributed by atoms with Crippen molar-refractivity contribution in [3.63, 3.8) is 0 Å². The van der Waals surface area contributed by atoms with Gasteiger partial charge in [0.2, 0.25) is 11.2 Å². The fraction of sp³-hybridized carbons (Fsp3) is 0.0357. The summed E-state index contributed by atoms with van der Waals surface area (Å²) in [6, 6.07) is 10.8. The minimum absolute atomic E-state index is 0.00792. The van der Waals surface area contributed by atoms with Gasteiger partial charge in [0.1, 0.15) is 11.2 Å². The number of halogens is 1. The van der Waals surface area contributed by atoms with Crippen LogP contribution >= 0.6 is 11.6 Å². The van der Waals surface area contributed by atoms with Crippen LogP contribution in [0.25, 0.3) is 61.1 Å². The van der Waals surface area contributed by atoms with Crippen LogP contribution < -0.4 is 0 Å². The van der Waals surface area contributed by atoms with E-state index < -0.39 is 18.1 Å². The third kappa shape index (κ3) is 2.84. The Bertz CT molecular complexity index is 2200. The predicted octanol–water partition coefficient (Wildman–Crippen LogP) is 7.50. The monoisotopic (exact) mass is 467 g/mol. The Morgan fingerprint density at radius 2 is 1.65 bits per heavy atom. The summed E-state index contributed by atoms with van der Waals surface area (Å²) in [5.74, 6) is 0.0416. The number of aromatic nitrogens is 4. The van der Waals surface area contributed by atoms with Gasteiger partial charge in [0.15, 0.2) is 5.82 Å². The fourth-order valence-corrected chi connectivity index (χ4v) is 4.40. The smallest absolute Gasteiger partial charge is 0.239 e. The fourth-order valence-electron chi connectivity index (χ4n) is 4.24. The number of hydrogen-bond donors (Lipinski definition) is 0. The number of benzene rings is 4. The second-order valence-electron chi connectivity index (χ2n) is 7.82. The Morgan fingerprint density at radius 3 is 2.59 bits per heavy atom. The van der Waals surface area contributed by atoms with E-state index >= 15 is 0 Å². The zero-order chi connectivity index (χ0) is 28.9. The topological polar surface area (TPSA) is 56.7 Å². The van der Waals surface area contributed by atoms with Crippen LogP contribution in [-0.2, 0) is 0 Å². The van der Waals surface area contributed by atoms with Gasteiger partial charge in [0, 0.05) is 27.1 Å². The van der Waals surface area contributed by atoms with Crippen molar-refractivity contribution in [3.05, 3.63) is 95.6 Å². The molecule has 0 aliphatic rings. The molecule has 4 aromatic carbocycles. The summed E-state index contributed by atoms with van der Waals surface area (Å²) >= 11 is 6.39. The van der Waals surface area contributed by atoms with Crippen LogP contribution in [0.5, 0.6) is 0 Å². The first-order valence-electron chi connectivity index (χ1n) is 13.9. The maximum absolute atomic E-state index is 8.79. The molecule has 7 rings (SSSR count). The van der Waals surface area contributed by atoms with Gasteiger partial charge < -0.3 is 4.42 Å². The van der Waals surface area contributed by atoms with Crippen LogP contribution in [0, 0.1) is 6.92 Å². The summed E-state index contributed by atoms with van der Waals surface area (Å²) in [6.07, 6.45) is 0. The predicted molar refractivity (Wildman–Crippen MR) is 137 cm³/mol. The van der Waals surface area contributed by atoms with Crippen molar-refractivity contribution in [2.45, 2.75) is 6.92 Å². The van der Waals surface area contributed by atoms with Gasteiger partial charge in [0.05, 0.1) is 20.6 Å². The Balaban J connectivity index is 1.58.